The van der Waals surface area contributed by atoms with Gasteiger partial charge in [0.05, 0.1) is 12.7 Å². The molecule has 0 heterocycles. The maximum atomic E-state index is 11.4. The summed E-state index contributed by atoms with van der Waals surface area (Å²) in [6.07, 6.45) is 0. The van der Waals surface area contributed by atoms with Crippen LogP contribution in [0.3, 0.4) is 0 Å². The molecule has 110 valence electrons. The number of halogens is 2. The molecule has 0 saturated heterocycles. The Morgan fingerprint density at radius 3 is 2.38 bits per heavy atom. The van der Waals surface area contributed by atoms with Gasteiger partial charge >= 0.3 is 5.97 Å². The Hall–Kier alpha value is -1.71. The molecular formula is C16H15Cl2NO2. The monoisotopic (exact) mass is 323 g/mol. The first-order chi connectivity index (χ1) is 10.0. The quantitative estimate of drug-likeness (QED) is 0.809. The van der Waals surface area contributed by atoms with E-state index < -0.39 is 0 Å². The minimum Gasteiger partial charge on any atom is -0.465 e. The zero-order valence-electron chi connectivity index (χ0n) is 11.7. The highest BCUT2D eigenvalue weighted by atomic mass is 35.5. The Morgan fingerprint density at radius 2 is 1.81 bits per heavy atom. The van der Waals surface area contributed by atoms with Crippen LogP contribution >= 0.6 is 23.2 Å². The smallest absolute Gasteiger partial charge is 0.337 e. The fourth-order valence-corrected chi connectivity index (χ4v) is 2.57. The Labute approximate surface area is 133 Å². The lowest BCUT2D eigenvalue weighted by atomic mass is 10.1. The van der Waals surface area contributed by atoms with Crippen molar-refractivity contribution in [3.8, 4) is 0 Å². The highest BCUT2D eigenvalue weighted by molar-refractivity contribution is 6.35. The predicted molar refractivity (Wildman–Crippen MR) is 86.3 cm³/mol. The Kier molecular flexibility index (Phi) is 5.10. The highest BCUT2D eigenvalue weighted by Gasteiger charge is 2.11. The van der Waals surface area contributed by atoms with Gasteiger partial charge in [0.2, 0.25) is 0 Å². The number of rotatable bonds is 4. The highest BCUT2D eigenvalue weighted by Crippen LogP contribution is 2.28. The first-order valence-electron chi connectivity index (χ1n) is 6.41. The summed E-state index contributed by atoms with van der Waals surface area (Å²) in [6.45, 7) is 2.00. The topological polar surface area (TPSA) is 38.3 Å². The van der Waals surface area contributed by atoms with Crippen LogP contribution in [0.5, 0.6) is 0 Å². The van der Waals surface area contributed by atoms with Crippen LogP contribution in [-0.2, 0) is 4.74 Å². The summed E-state index contributed by atoms with van der Waals surface area (Å²) in [5.74, 6) is -0.352. The van der Waals surface area contributed by atoms with E-state index in [1.54, 1.807) is 24.3 Å². The lowest BCUT2D eigenvalue weighted by Gasteiger charge is -2.17. The summed E-state index contributed by atoms with van der Waals surface area (Å²) in [4.78, 5) is 11.4. The lowest BCUT2D eigenvalue weighted by Crippen LogP contribution is -2.07. The Morgan fingerprint density at radius 1 is 1.14 bits per heavy atom. The largest absolute Gasteiger partial charge is 0.465 e. The Balaban J connectivity index is 2.12. The van der Waals surface area contributed by atoms with Crippen LogP contribution in [0.25, 0.3) is 0 Å². The normalized spacial score (nSPS) is 11.8. The standard InChI is InChI=1S/C16H15Cl2NO2/c1-10(14-8-5-12(17)9-15(14)18)19-13-6-3-11(4-7-13)16(20)21-2/h3-10,19H,1-2H3. The molecule has 1 unspecified atom stereocenters. The van der Waals surface area contributed by atoms with Crippen molar-refractivity contribution in [2.75, 3.05) is 12.4 Å². The number of methoxy groups -OCH3 is 1. The number of carbonyl (C=O) groups is 1. The van der Waals surface area contributed by atoms with Gasteiger partial charge in [-0.1, -0.05) is 29.3 Å². The molecule has 0 aliphatic rings. The molecule has 3 nitrogen and oxygen atoms in total. The summed E-state index contributed by atoms with van der Waals surface area (Å²) in [5, 5.41) is 4.55. The zero-order chi connectivity index (χ0) is 15.4. The molecule has 0 radical (unpaired) electrons. The molecular weight excluding hydrogens is 309 g/mol. The number of hydrogen-bond donors (Lipinski definition) is 1. The summed E-state index contributed by atoms with van der Waals surface area (Å²) in [6, 6.07) is 12.5. The number of carbonyl (C=O) groups excluding carboxylic acids is 1. The van der Waals surface area contributed by atoms with Crippen LogP contribution in [0, 0.1) is 0 Å². The van der Waals surface area contributed by atoms with Gasteiger partial charge in [-0.25, -0.2) is 4.79 Å². The van der Waals surface area contributed by atoms with Crippen molar-refractivity contribution < 1.29 is 9.53 Å². The molecule has 0 aromatic heterocycles. The second-order valence-corrected chi connectivity index (χ2v) is 5.44. The van der Waals surface area contributed by atoms with Crippen LogP contribution in [0.1, 0.15) is 28.9 Å². The number of benzene rings is 2. The summed E-state index contributed by atoms with van der Waals surface area (Å²) in [7, 11) is 1.36. The van der Waals surface area contributed by atoms with E-state index in [2.05, 4.69) is 10.1 Å². The molecule has 0 bridgehead atoms. The van der Waals surface area contributed by atoms with Crippen molar-refractivity contribution in [3.63, 3.8) is 0 Å². The van der Waals surface area contributed by atoms with E-state index in [9.17, 15) is 4.79 Å². The molecule has 2 aromatic carbocycles. The van der Waals surface area contributed by atoms with Gasteiger partial charge in [0.1, 0.15) is 0 Å². The van der Waals surface area contributed by atoms with Crippen LogP contribution in [0.15, 0.2) is 42.5 Å². The van der Waals surface area contributed by atoms with E-state index in [1.807, 2.05) is 25.1 Å². The van der Waals surface area contributed by atoms with Gasteiger partial charge in [0.15, 0.2) is 0 Å². The molecule has 5 heteroatoms. The minimum absolute atomic E-state index is 0.0127. The number of esters is 1. The van der Waals surface area contributed by atoms with E-state index in [4.69, 9.17) is 23.2 Å². The molecule has 0 fully saturated rings. The third-order valence-electron chi connectivity index (χ3n) is 3.12. The zero-order valence-corrected chi connectivity index (χ0v) is 13.2. The van der Waals surface area contributed by atoms with Gasteiger partial charge in [0, 0.05) is 21.8 Å². The summed E-state index contributed by atoms with van der Waals surface area (Å²) in [5.41, 5.74) is 2.36. The summed E-state index contributed by atoms with van der Waals surface area (Å²) >= 11 is 12.1. The van der Waals surface area contributed by atoms with E-state index >= 15 is 0 Å². The third kappa shape index (κ3) is 3.90. The molecule has 0 saturated carbocycles. The number of ether oxygens (including phenoxy) is 1. The maximum absolute atomic E-state index is 11.4. The molecule has 0 aliphatic carbocycles. The molecule has 0 spiro atoms. The molecule has 2 aromatic rings. The van der Waals surface area contributed by atoms with Gasteiger partial charge in [0.25, 0.3) is 0 Å². The van der Waals surface area contributed by atoms with Crippen molar-refractivity contribution in [2.45, 2.75) is 13.0 Å². The van der Waals surface area contributed by atoms with Crippen LogP contribution in [0.2, 0.25) is 10.0 Å². The van der Waals surface area contributed by atoms with Crippen LogP contribution < -0.4 is 5.32 Å². The van der Waals surface area contributed by atoms with Gasteiger partial charge in [-0.3, -0.25) is 0 Å². The third-order valence-corrected chi connectivity index (χ3v) is 3.68. The van der Waals surface area contributed by atoms with Gasteiger partial charge in [-0.05, 0) is 48.9 Å². The van der Waals surface area contributed by atoms with Crippen molar-refractivity contribution in [1.82, 2.24) is 0 Å². The van der Waals surface area contributed by atoms with Crippen molar-refractivity contribution in [1.29, 1.82) is 0 Å². The second kappa shape index (κ2) is 6.83. The molecule has 0 amide bonds. The van der Waals surface area contributed by atoms with Crippen molar-refractivity contribution >= 4 is 34.9 Å². The molecule has 21 heavy (non-hydrogen) atoms. The van der Waals surface area contributed by atoms with E-state index in [0.717, 1.165) is 11.3 Å². The van der Waals surface area contributed by atoms with Crippen LogP contribution in [0.4, 0.5) is 5.69 Å². The second-order valence-electron chi connectivity index (χ2n) is 4.60. The first kappa shape index (κ1) is 15.7. The minimum atomic E-state index is -0.352. The van der Waals surface area contributed by atoms with E-state index in [-0.39, 0.29) is 12.0 Å². The maximum Gasteiger partial charge on any atom is 0.337 e. The van der Waals surface area contributed by atoms with E-state index in [1.165, 1.54) is 7.11 Å². The lowest BCUT2D eigenvalue weighted by molar-refractivity contribution is 0.0601. The predicted octanol–water partition coefficient (Wildman–Crippen LogP) is 4.95. The SMILES string of the molecule is COC(=O)c1ccc(NC(C)c2ccc(Cl)cc2Cl)cc1. The van der Waals surface area contributed by atoms with Gasteiger partial charge < -0.3 is 10.1 Å². The summed E-state index contributed by atoms with van der Waals surface area (Å²) < 4.78 is 4.66. The average molecular weight is 324 g/mol. The fraction of sp³-hybridized carbons (Fsp3) is 0.188. The fourth-order valence-electron chi connectivity index (χ4n) is 2.00. The Bertz CT molecular complexity index is 641. The number of anilines is 1. The van der Waals surface area contributed by atoms with Gasteiger partial charge in [-0.2, -0.15) is 0 Å². The van der Waals surface area contributed by atoms with Crippen LogP contribution in [-0.4, -0.2) is 13.1 Å². The average Bonchev–Trinajstić information content (AvgIpc) is 2.47. The molecule has 0 aliphatic heterocycles. The number of hydrogen-bond acceptors (Lipinski definition) is 3. The number of nitrogens with one attached hydrogen (secondary N) is 1. The first-order valence-corrected chi connectivity index (χ1v) is 7.16. The van der Waals surface area contributed by atoms with Gasteiger partial charge in [-0.15, -0.1) is 0 Å². The van der Waals surface area contributed by atoms with Crippen molar-refractivity contribution in [3.05, 3.63) is 63.6 Å². The van der Waals surface area contributed by atoms with Crippen molar-refractivity contribution in [2.24, 2.45) is 0 Å². The molecule has 2 rings (SSSR count). The molecule has 1 N–H and O–H groups in total. The molecule has 1 atom stereocenters. The van der Waals surface area contributed by atoms with E-state index in [0.29, 0.717) is 15.6 Å².